The largest absolute Gasteiger partial charge is 0.456 e. The molecule has 0 unspecified atom stereocenters. The molecule has 0 fully saturated rings. The first kappa shape index (κ1) is 25.6. The third kappa shape index (κ3) is 13.5. The Bertz CT molecular complexity index is 464. The van der Waals surface area contributed by atoms with Crippen molar-refractivity contribution in [3.63, 3.8) is 0 Å². The van der Waals surface area contributed by atoms with E-state index in [9.17, 15) is 22.8 Å². The van der Waals surface area contributed by atoms with E-state index in [-0.39, 0.29) is 17.9 Å². The highest BCUT2D eigenvalue weighted by atomic mass is 19.4. The molecule has 0 aliphatic rings. The van der Waals surface area contributed by atoms with Crippen molar-refractivity contribution in [3.8, 4) is 0 Å². The second kappa shape index (κ2) is 11.5. The van der Waals surface area contributed by atoms with Gasteiger partial charge in [-0.1, -0.05) is 6.42 Å². The number of carbonyl (C=O) groups is 2. The molecule has 1 amide bonds. The van der Waals surface area contributed by atoms with Gasteiger partial charge in [0.1, 0.15) is 5.60 Å². The summed E-state index contributed by atoms with van der Waals surface area (Å²) in [5.74, 6) is -1.12. The fourth-order valence-electron chi connectivity index (χ4n) is 1.94. The van der Waals surface area contributed by atoms with E-state index in [1.54, 1.807) is 21.0 Å². The van der Waals surface area contributed by atoms with Crippen LogP contribution in [-0.4, -0.2) is 56.1 Å². The Hall–Kier alpha value is -1.35. The number of rotatable bonds is 13. The van der Waals surface area contributed by atoms with E-state index < -0.39 is 24.4 Å². The van der Waals surface area contributed by atoms with Gasteiger partial charge in [-0.3, -0.25) is 9.59 Å². The lowest BCUT2D eigenvalue weighted by Gasteiger charge is -2.28. The first-order valence-corrected chi connectivity index (χ1v) is 8.99. The maximum atomic E-state index is 12.2. The SMILES string of the molecule is COC(C)(C)CCOC(C)(C)C(=O)NCCCCCC(=O)OCC(F)(F)F. The molecule has 0 aromatic carbocycles. The van der Waals surface area contributed by atoms with E-state index >= 15 is 0 Å². The number of unbranched alkanes of at least 4 members (excludes halogenated alkanes) is 2. The number of halogens is 3. The number of esters is 1. The highest BCUT2D eigenvalue weighted by Gasteiger charge is 2.30. The third-order valence-electron chi connectivity index (χ3n) is 4.01. The van der Waals surface area contributed by atoms with Gasteiger partial charge in [0.25, 0.3) is 5.91 Å². The Balaban J connectivity index is 3.87. The van der Waals surface area contributed by atoms with E-state index in [2.05, 4.69) is 10.1 Å². The Morgan fingerprint density at radius 2 is 1.63 bits per heavy atom. The van der Waals surface area contributed by atoms with Crippen molar-refractivity contribution in [2.24, 2.45) is 0 Å². The summed E-state index contributed by atoms with van der Waals surface area (Å²) in [5.41, 5.74) is -1.31. The summed E-state index contributed by atoms with van der Waals surface area (Å²) < 4.78 is 50.7. The molecule has 27 heavy (non-hydrogen) atoms. The van der Waals surface area contributed by atoms with Crippen LogP contribution >= 0.6 is 0 Å². The van der Waals surface area contributed by atoms with Crippen LogP contribution in [0.5, 0.6) is 0 Å². The van der Waals surface area contributed by atoms with Gasteiger partial charge >= 0.3 is 12.1 Å². The maximum Gasteiger partial charge on any atom is 0.422 e. The molecule has 1 N–H and O–H groups in total. The lowest BCUT2D eigenvalue weighted by Crippen LogP contribution is -2.45. The zero-order valence-electron chi connectivity index (χ0n) is 16.8. The minimum Gasteiger partial charge on any atom is -0.456 e. The fraction of sp³-hybridized carbons (Fsp3) is 0.889. The first-order valence-electron chi connectivity index (χ1n) is 8.99. The lowest BCUT2D eigenvalue weighted by molar-refractivity contribution is -0.186. The monoisotopic (exact) mass is 399 g/mol. The summed E-state index contributed by atoms with van der Waals surface area (Å²) in [7, 11) is 1.62. The first-order chi connectivity index (χ1) is 12.3. The van der Waals surface area contributed by atoms with E-state index in [1.807, 2.05) is 13.8 Å². The molecule has 0 heterocycles. The molecule has 0 atom stereocenters. The quantitative estimate of drug-likeness (QED) is 0.380. The van der Waals surface area contributed by atoms with Crippen LogP contribution in [0, 0.1) is 0 Å². The van der Waals surface area contributed by atoms with E-state index in [4.69, 9.17) is 9.47 Å². The van der Waals surface area contributed by atoms with Crippen molar-refractivity contribution in [3.05, 3.63) is 0 Å². The Morgan fingerprint density at radius 1 is 1.00 bits per heavy atom. The van der Waals surface area contributed by atoms with Crippen LogP contribution < -0.4 is 5.32 Å². The van der Waals surface area contributed by atoms with Crippen LogP contribution in [0.15, 0.2) is 0 Å². The molecule has 0 aliphatic carbocycles. The summed E-state index contributed by atoms with van der Waals surface area (Å²) in [4.78, 5) is 23.3. The van der Waals surface area contributed by atoms with Crippen molar-refractivity contribution in [2.75, 3.05) is 26.9 Å². The lowest BCUT2D eigenvalue weighted by atomic mass is 10.1. The molecular weight excluding hydrogens is 367 g/mol. The number of hydrogen-bond donors (Lipinski definition) is 1. The summed E-state index contributed by atoms with van der Waals surface area (Å²) in [5, 5.41) is 2.76. The van der Waals surface area contributed by atoms with Gasteiger partial charge in [0, 0.05) is 20.1 Å². The number of carbonyl (C=O) groups excluding carboxylic acids is 2. The predicted molar refractivity (Wildman–Crippen MR) is 94.2 cm³/mol. The third-order valence-corrected chi connectivity index (χ3v) is 4.01. The zero-order valence-corrected chi connectivity index (χ0v) is 16.8. The van der Waals surface area contributed by atoms with Gasteiger partial charge in [-0.25, -0.2) is 0 Å². The highest BCUT2D eigenvalue weighted by molar-refractivity contribution is 5.84. The summed E-state index contributed by atoms with van der Waals surface area (Å²) in [6.45, 7) is 6.44. The van der Waals surface area contributed by atoms with Gasteiger partial charge in [0.05, 0.1) is 12.2 Å². The van der Waals surface area contributed by atoms with Gasteiger partial charge in [0.15, 0.2) is 6.61 Å². The van der Waals surface area contributed by atoms with Gasteiger partial charge < -0.3 is 19.5 Å². The van der Waals surface area contributed by atoms with Gasteiger partial charge in [-0.05, 0) is 47.0 Å². The summed E-state index contributed by atoms with van der Waals surface area (Å²) in [6.07, 6.45) is -2.35. The number of hydrogen-bond acceptors (Lipinski definition) is 5. The zero-order chi connectivity index (χ0) is 21.1. The number of nitrogens with one attached hydrogen (secondary N) is 1. The average Bonchev–Trinajstić information content (AvgIpc) is 2.54. The normalized spacial score (nSPS) is 12.7. The molecule has 9 heteroatoms. The molecule has 0 aromatic rings. The minimum absolute atomic E-state index is 0.0755. The van der Waals surface area contributed by atoms with Crippen LogP contribution in [-0.2, 0) is 23.8 Å². The Kier molecular flexibility index (Phi) is 10.9. The molecule has 0 bridgehead atoms. The smallest absolute Gasteiger partial charge is 0.422 e. The molecular formula is C18H32F3NO5. The summed E-state index contributed by atoms with van der Waals surface area (Å²) in [6, 6.07) is 0. The van der Waals surface area contributed by atoms with Crippen LogP contribution in [0.1, 0.15) is 59.8 Å². The Labute approximate surface area is 159 Å². The van der Waals surface area contributed by atoms with Crippen molar-refractivity contribution >= 4 is 11.9 Å². The predicted octanol–water partition coefficient (Wildman–Crippen LogP) is 3.38. The average molecular weight is 399 g/mol. The minimum atomic E-state index is -4.51. The van der Waals surface area contributed by atoms with Gasteiger partial charge in [-0.2, -0.15) is 13.2 Å². The van der Waals surface area contributed by atoms with Crippen LogP contribution in [0.25, 0.3) is 0 Å². The molecule has 0 aliphatic heterocycles. The number of amides is 1. The number of methoxy groups -OCH3 is 1. The number of ether oxygens (including phenoxy) is 3. The highest BCUT2D eigenvalue weighted by Crippen LogP contribution is 2.17. The molecule has 0 spiro atoms. The molecule has 160 valence electrons. The summed E-state index contributed by atoms with van der Waals surface area (Å²) >= 11 is 0. The van der Waals surface area contributed by atoms with Gasteiger partial charge in [-0.15, -0.1) is 0 Å². The van der Waals surface area contributed by atoms with E-state index in [1.165, 1.54) is 0 Å². The second-order valence-electron chi connectivity index (χ2n) is 7.42. The van der Waals surface area contributed by atoms with E-state index in [0.717, 1.165) is 0 Å². The number of alkyl halides is 3. The van der Waals surface area contributed by atoms with Crippen LogP contribution in [0.4, 0.5) is 13.2 Å². The molecule has 0 radical (unpaired) electrons. The van der Waals surface area contributed by atoms with Crippen LogP contribution in [0.2, 0.25) is 0 Å². The second-order valence-corrected chi connectivity index (χ2v) is 7.42. The van der Waals surface area contributed by atoms with E-state index in [0.29, 0.717) is 38.8 Å². The maximum absolute atomic E-state index is 12.2. The van der Waals surface area contributed by atoms with Crippen molar-refractivity contribution in [2.45, 2.75) is 77.2 Å². The van der Waals surface area contributed by atoms with Crippen molar-refractivity contribution in [1.82, 2.24) is 5.32 Å². The Morgan fingerprint density at radius 3 is 2.19 bits per heavy atom. The van der Waals surface area contributed by atoms with Crippen molar-refractivity contribution in [1.29, 1.82) is 0 Å². The standard InChI is InChI=1S/C18H32F3NO5/c1-16(2,25-5)10-12-27-17(3,4)15(24)22-11-8-6-7-9-14(23)26-13-18(19,20)21/h6-13H2,1-5H3,(H,22,24). The molecule has 0 rings (SSSR count). The molecule has 0 saturated carbocycles. The van der Waals surface area contributed by atoms with Gasteiger partial charge in [0.2, 0.25) is 0 Å². The molecule has 0 saturated heterocycles. The van der Waals surface area contributed by atoms with Crippen LogP contribution in [0.3, 0.4) is 0 Å². The topological polar surface area (TPSA) is 73.9 Å². The fourth-order valence-corrected chi connectivity index (χ4v) is 1.94. The molecule has 6 nitrogen and oxygen atoms in total. The van der Waals surface area contributed by atoms with Crippen molar-refractivity contribution < 1.29 is 37.0 Å². The molecule has 0 aromatic heterocycles.